The molecule has 2 aromatic heterocycles. The maximum Gasteiger partial charge on any atom is 0.272 e. The predicted molar refractivity (Wildman–Crippen MR) is 130 cm³/mol. The molecule has 2 aromatic carbocycles. The highest BCUT2D eigenvalue weighted by atomic mass is 32.1. The van der Waals surface area contributed by atoms with Crippen LogP contribution in [0.15, 0.2) is 71.8 Å². The average Bonchev–Trinajstić information content (AvgIpc) is 3.17. The predicted octanol–water partition coefficient (Wildman–Crippen LogP) is 6.33. The minimum absolute atomic E-state index is 0.0828. The monoisotopic (exact) mass is 427 g/mol. The maximum atomic E-state index is 13.0. The SMILES string of the molecule is Cc1ccc(/C=N/NC(=O)c2cc(-c3ccc(C(C)(C)C)cc3)nc3ccccc23)s1. The van der Waals surface area contributed by atoms with Gasteiger partial charge < -0.3 is 0 Å². The molecule has 0 spiro atoms. The molecule has 1 amide bonds. The minimum Gasteiger partial charge on any atom is -0.267 e. The molecule has 0 aliphatic rings. The van der Waals surface area contributed by atoms with E-state index in [9.17, 15) is 4.79 Å². The number of hydrogen-bond acceptors (Lipinski definition) is 4. The molecule has 0 fully saturated rings. The van der Waals surface area contributed by atoms with E-state index in [1.54, 1.807) is 17.6 Å². The summed E-state index contributed by atoms with van der Waals surface area (Å²) in [6.45, 7) is 8.61. The molecule has 0 unspecified atom stereocenters. The number of fused-ring (bicyclic) bond motifs is 1. The van der Waals surface area contributed by atoms with Gasteiger partial charge in [-0.15, -0.1) is 11.3 Å². The Hall–Kier alpha value is -3.31. The van der Waals surface area contributed by atoms with Crippen molar-refractivity contribution in [1.29, 1.82) is 0 Å². The first-order valence-corrected chi connectivity index (χ1v) is 11.0. The Kier molecular flexibility index (Phi) is 5.70. The summed E-state index contributed by atoms with van der Waals surface area (Å²) < 4.78 is 0. The molecule has 0 saturated carbocycles. The van der Waals surface area contributed by atoms with Gasteiger partial charge >= 0.3 is 0 Å². The zero-order valence-electron chi connectivity index (χ0n) is 18.1. The first-order chi connectivity index (χ1) is 14.8. The number of nitrogens with zero attached hydrogens (tertiary/aromatic N) is 2. The topological polar surface area (TPSA) is 54.4 Å². The van der Waals surface area contributed by atoms with E-state index in [2.05, 4.69) is 55.6 Å². The Morgan fingerprint density at radius 1 is 1.03 bits per heavy atom. The largest absolute Gasteiger partial charge is 0.272 e. The number of carbonyl (C=O) groups excluding carboxylic acids is 1. The van der Waals surface area contributed by atoms with Crippen LogP contribution < -0.4 is 5.43 Å². The fourth-order valence-electron chi connectivity index (χ4n) is 3.39. The van der Waals surface area contributed by atoms with Gasteiger partial charge in [0.1, 0.15) is 0 Å². The van der Waals surface area contributed by atoms with E-state index >= 15 is 0 Å². The lowest BCUT2D eigenvalue weighted by Gasteiger charge is -2.19. The Morgan fingerprint density at radius 3 is 2.45 bits per heavy atom. The van der Waals surface area contributed by atoms with Crippen molar-refractivity contribution in [2.24, 2.45) is 5.10 Å². The molecular formula is C26H25N3OS. The molecule has 31 heavy (non-hydrogen) atoms. The first-order valence-electron chi connectivity index (χ1n) is 10.2. The third-order valence-corrected chi connectivity index (χ3v) is 6.06. The normalized spacial score (nSPS) is 11.9. The Labute approximate surface area is 186 Å². The molecule has 156 valence electrons. The lowest BCUT2D eigenvalue weighted by atomic mass is 9.86. The number of benzene rings is 2. The molecule has 4 nitrogen and oxygen atoms in total. The summed E-state index contributed by atoms with van der Waals surface area (Å²) in [5.41, 5.74) is 7.09. The lowest BCUT2D eigenvalue weighted by Crippen LogP contribution is -2.18. The van der Waals surface area contributed by atoms with Crippen molar-refractivity contribution in [2.45, 2.75) is 33.1 Å². The van der Waals surface area contributed by atoms with Crippen molar-refractivity contribution in [1.82, 2.24) is 10.4 Å². The number of aryl methyl sites for hydroxylation is 1. The molecule has 0 aliphatic heterocycles. The van der Waals surface area contributed by atoms with Crippen LogP contribution in [0.5, 0.6) is 0 Å². The molecule has 0 saturated heterocycles. The molecule has 1 N–H and O–H groups in total. The van der Waals surface area contributed by atoms with Crippen LogP contribution in [0.3, 0.4) is 0 Å². The summed E-state index contributed by atoms with van der Waals surface area (Å²) in [5, 5.41) is 4.95. The molecule has 0 radical (unpaired) electrons. The number of nitrogens with one attached hydrogen (secondary N) is 1. The molecule has 5 heteroatoms. The van der Waals surface area contributed by atoms with E-state index in [1.807, 2.05) is 49.4 Å². The third kappa shape index (κ3) is 4.72. The lowest BCUT2D eigenvalue weighted by molar-refractivity contribution is 0.0956. The quantitative estimate of drug-likeness (QED) is 0.305. The first kappa shape index (κ1) is 20.9. The highest BCUT2D eigenvalue weighted by molar-refractivity contribution is 7.13. The van der Waals surface area contributed by atoms with Crippen molar-refractivity contribution < 1.29 is 4.79 Å². The summed E-state index contributed by atoms with van der Waals surface area (Å²) >= 11 is 1.63. The standard InChI is InChI=1S/C26H25N3OS/c1-17-9-14-20(31-17)16-27-29-25(30)22-15-24(28-23-8-6-5-7-21(22)23)18-10-12-19(13-11-18)26(2,3)4/h5-16H,1-4H3,(H,29,30)/b27-16+. The van der Waals surface area contributed by atoms with Gasteiger partial charge in [-0.05, 0) is 42.2 Å². The molecule has 0 atom stereocenters. The average molecular weight is 428 g/mol. The summed E-state index contributed by atoms with van der Waals surface area (Å²) in [6.07, 6.45) is 1.67. The number of hydrogen-bond donors (Lipinski definition) is 1. The number of rotatable bonds is 4. The fraction of sp³-hybridized carbons (Fsp3) is 0.192. The van der Waals surface area contributed by atoms with Crippen LogP contribution in [0.25, 0.3) is 22.2 Å². The number of para-hydroxylation sites is 1. The van der Waals surface area contributed by atoms with Gasteiger partial charge in [0.25, 0.3) is 5.91 Å². The van der Waals surface area contributed by atoms with E-state index in [4.69, 9.17) is 4.98 Å². The van der Waals surface area contributed by atoms with Crippen LogP contribution in [0.1, 0.15) is 46.4 Å². The fourth-order valence-corrected chi connectivity index (χ4v) is 4.14. The summed E-state index contributed by atoms with van der Waals surface area (Å²) in [6, 6.07) is 21.9. The van der Waals surface area contributed by atoms with Crippen LogP contribution >= 0.6 is 11.3 Å². The molecule has 0 bridgehead atoms. The van der Waals surface area contributed by atoms with Gasteiger partial charge in [-0.2, -0.15) is 5.10 Å². The second kappa shape index (κ2) is 8.44. The molecule has 0 aliphatic carbocycles. The molecule has 4 rings (SSSR count). The maximum absolute atomic E-state index is 13.0. The summed E-state index contributed by atoms with van der Waals surface area (Å²) in [5.74, 6) is -0.254. The highest BCUT2D eigenvalue weighted by Gasteiger charge is 2.16. The smallest absolute Gasteiger partial charge is 0.267 e. The van der Waals surface area contributed by atoms with Gasteiger partial charge in [-0.1, -0.05) is 63.2 Å². The van der Waals surface area contributed by atoms with Gasteiger partial charge in [0.15, 0.2) is 0 Å². The Balaban J connectivity index is 1.68. The van der Waals surface area contributed by atoms with E-state index in [-0.39, 0.29) is 11.3 Å². The third-order valence-electron chi connectivity index (χ3n) is 5.13. The van der Waals surface area contributed by atoms with Crippen molar-refractivity contribution in [3.63, 3.8) is 0 Å². The van der Waals surface area contributed by atoms with Crippen LogP contribution in [-0.4, -0.2) is 17.1 Å². The number of carbonyl (C=O) groups is 1. The Bertz CT molecular complexity index is 1260. The van der Waals surface area contributed by atoms with Gasteiger partial charge in [-0.3, -0.25) is 4.79 Å². The van der Waals surface area contributed by atoms with E-state index in [0.29, 0.717) is 5.56 Å². The number of thiophene rings is 1. The van der Waals surface area contributed by atoms with Crippen LogP contribution in [-0.2, 0) is 5.41 Å². The van der Waals surface area contributed by atoms with Gasteiger partial charge in [-0.25, -0.2) is 10.4 Å². The van der Waals surface area contributed by atoms with Crippen molar-refractivity contribution in [3.05, 3.63) is 87.6 Å². The second-order valence-electron chi connectivity index (χ2n) is 8.55. The highest BCUT2D eigenvalue weighted by Crippen LogP contribution is 2.28. The Morgan fingerprint density at radius 2 is 1.77 bits per heavy atom. The van der Waals surface area contributed by atoms with Crippen LogP contribution in [0.4, 0.5) is 0 Å². The molecular weight excluding hydrogens is 402 g/mol. The van der Waals surface area contributed by atoms with Gasteiger partial charge in [0, 0.05) is 20.7 Å². The van der Waals surface area contributed by atoms with E-state index in [1.165, 1.54) is 10.4 Å². The molecule has 4 aromatic rings. The zero-order valence-corrected chi connectivity index (χ0v) is 19.0. The van der Waals surface area contributed by atoms with Crippen molar-refractivity contribution in [2.75, 3.05) is 0 Å². The zero-order chi connectivity index (χ0) is 22.0. The van der Waals surface area contributed by atoms with Crippen LogP contribution in [0.2, 0.25) is 0 Å². The number of hydrazone groups is 1. The minimum atomic E-state index is -0.254. The number of amides is 1. The van der Waals surface area contributed by atoms with Crippen molar-refractivity contribution in [3.8, 4) is 11.3 Å². The van der Waals surface area contributed by atoms with Crippen LogP contribution in [0, 0.1) is 6.92 Å². The van der Waals surface area contributed by atoms with E-state index in [0.717, 1.165) is 27.0 Å². The summed E-state index contributed by atoms with van der Waals surface area (Å²) in [4.78, 5) is 20.0. The number of pyridine rings is 1. The van der Waals surface area contributed by atoms with Gasteiger partial charge in [0.2, 0.25) is 0 Å². The molecule has 2 heterocycles. The summed E-state index contributed by atoms with van der Waals surface area (Å²) in [7, 11) is 0. The number of aromatic nitrogens is 1. The van der Waals surface area contributed by atoms with Gasteiger partial charge in [0.05, 0.1) is 23.0 Å². The van der Waals surface area contributed by atoms with Crippen molar-refractivity contribution >= 4 is 34.4 Å². The second-order valence-corrected chi connectivity index (χ2v) is 9.87. The van der Waals surface area contributed by atoms with E-state index < -0.39 is 0 Å².